The molecule has 0 saturated carbocycles. The third kappa shape index (κ3) is 5.79. The van der Waals surface area contributed by atoms with Gasteiger partial charge in [-0.15, -0.1) is 11.3 Å². The fourth-order valence-electron chi connectivity index (χ4n) is 4.85. The first kappa shape index (κ1) is 26.1. The molecule has 1 aliphatic rings. The molecule has 38 heavy (non-hydrogen) atoms. The second-order valence-electron chi connectivity index (χ2n) is 9.32. The summed E-state index contributed by atoms with van der Waals surface area (Å²) in [6.45, 7) is 1.41. The van der Waals surface area contributed by atoms with Crippen LogP contribution in [0.5, 0.6) is 0 Å². The molecule has 5 rings (SSSR count). The number of nitrogens with zero attached hydrogens (tertiary/aromatic N) is 2. The number of aromatic nitrogens is 1. The number of benzene rings is 3. The molecule has 0 aliphatic carbocycles. The summed E-state index contributed by atoms with van der Waals surface area (Å²) in [7, 11) is 0. The zero-order valence-electron chi connectivity index (χ0n) is 20.6. The third-order valence-electron chi connectivity index (χ3n) is 6.93. The van der Waals surface area contributed by atoms with Crippen LogP contribution in [-0.4, -0.2) is 41.3 Å². The Morgan fingerprint density at radius 2 is 1.61 bits per heavy atom. The summed E-state index contributed by atoms with van der Waals surface area (Å²) in [6.07, 6.45) is 1.38. The molecule has 5 nitrogen and oxygen atoms in total. The molecule has 0 atom stereocenters. The number of rotatable bonds is 7. The van der Waals surface area contributed by atoms with Crippen LogP contribution in [-0.2, 0) is 0 Å². The van der Waals surface area contributed by atoms with Gasteiger partial charge >= 0.3 is 0 Å². The molecular weight excluding hydrogens is 521 g/mol. The van der Waals surface area contributed by atoms with Gasteiger partial charge in [0, 0.05) is 36.9 Å². The highest BCUT2D eigenvalue weighted by molar-refractivity contribution is 7.09. The number of amides is 2. The van der Waals surface area contributed by atoms with Gasteiger partial charge in [0.1, 0.15) is 11.5 Å². The molecule has 194 valence electrons. The Kier molecular flexibility index (Phi) is 8.15. The van der Waals surface area contributed by atoms with E-state index in [4.69, 9.17) is 11.6 Å². The summed E-state index contributed by atoms with van der Waals surface area (Å²) in [5.74, 6) is -1.03. The summed E-state index contributed by atoms with van der Waals surface area (Å²) in [6, 6.07) is 24.5. The van der Waals surface area contributed by atoms with Gasteiger partial charge in [0.15, 0.2) is 0 Å². The Bertz CT molecular complexity index is 1350. The van der Waals surface area contributed by atoms with Crippen molar-refractivity contribution < 1.29 is 14.0 Å². The van der Waals surface area contributed by atoms with E-state index in [0.29, 0.717) is 38.2 Å². The molecule has 3 aromatic carbocycles. The number of piperidine rings is 1. The molecule has 8 heteroatoms. The highest BCUT2D eigenvalue weighted by Crippen LogP contribution is 2.32. The maximum absolute atomic E-state index is 14.2. The number of halogens is 2. The lowest BCUT2D eigenvalue weighted by Gasteiger charge is -2.31. The van der Waals surface area contributed by atoms with Crippen LogP contribution in [0, 0.1) is 5.82 Å². The molecule has 4 aromatic rings. The number of likely N-dealkylation sites (tertiary alicyclic amines) is 1. The van der Waals surface area contributed by atoms with Crippen molar-refractivity contribution in [1.29, 1.82) is 0 Å². The van der Waals surface area contributed by atoms with Gasteiger partial charge in [-0.2, -0.15) is 0 Å². The molecule has 0 unspecified atom stereocenters. The fourth-order valence-corrected chi connectivity index (χ4v) is 6.07. The Hall–Kier alpha value is -3.55. The van der Waals surface area contributed by atoms with Crippen LogP contribution in [0.4, 0.5) is 4.39 Å². The van der Waals surface area contributed by atoms with Crippen molar-refractivity contribution in [3.8, 4) is 0 Å². The highest BCUT2D eigenvalue weighted by atomic mass is 35.5. The molecule has 1 aromatic heterocycles. The lowest BCUT2D eigenvalue weighted by Crippen LogP contribution is -2.38. The maximum Gasteiger partial charge on any atom is 0.270 e. The second-order valence-corrected chi connectivity index (χ2v) is 10.6. The lowest BCUT2D eigenvalue weighted by atomic mass is 9.91. The predicted molar refractivity (Wildman–Crippen MR) is 148 cm³/mol. The number of carbonyl (C=O) groups excluding carboxylic acids is 2. The van der Waals surface area contributed by atoms with Gasteiger partial charge in [0.25, 0.3) is 11.8 Å². The summed E-state index contributed by atoms with van der Waals surface area (Å²) in [5, 5.41) is 5.86. The Morgan fingerprint density at radius 1 is 0.974 bits per heavy atom. The molecule has 1 N–H and O–H groups in total. The molecule has 1 saturated heterocycles. The van der Waals surface area contributed by atoms with Crippen molar-refractivity contribution >= 4 is 34.8 Å². The van der Waals surface area contributed by atoms with E-state index in [1.807, 2.05) is 36.4 Å². The van der Waals surface area contributed by atoms with E-state index < -0.39 is 11.7 Å². The van der Waals surface area contributed by atoms with Crippen LogP contribution in [0.25, 0.3) is 0 Å². The topological polar surface area (TPSA) is 62.3 Å². The van der Waals surface area contributed by atoms with Gasteiger partial charge < -0.3 is 10.2 Å². The van der Waals surface area contributed by atoms with Crippen LogP contribution in [0.1, 0.15) is 61.7 Å². The third-order valence-corrected chi connectivity index (χ3v) is 8.26. The van der Waals surface area contributed by atoms with E-state index in [0.717, 1.165) is 16.1 Å². The highest BCUT2D eigenvalue weighted by Gasteiger charge is 2.29. The van der Waals surface area contributed by atoms with Crippen molar-refractivity contribution in [3.63, 3.8) is 0 Å². The lowest BCUT2D eigenvalue weighted by molar-refractivity contribution is 0.0708. The molecule has 2 heterocycles. The summed E-state index contributed by atoms with van der Waals surface area (Å²) in [4.78, 5) is 32.1. The largest absolute Gasteiger partial charge is 0.350 e. The second kappa shape index (κ2) is 11.9. The molecule has 0 radical (unpaired) electrons. The normalized spacial score (nSPS) is 14.0. The zero-order chi connectivity index (χ0) is 26.5. The Morgan fingerprint density at radius 3 is 2.21 bits per heavy atom. The number of carbonyl (C=O) groups is 2. The van der Waals surface area contributed by atoms with E-state index >= 15 is 0 Å². The summed E-state index contributed by atoms with van der Waals surface area (Å²) < 4.78 is 14.2. The number of hydrogen-bond acceptors (Lipinski definition) is 4. The standard InChI is InChI=1S/C30H27ClFN3O2S/c31-24-12-7-13-25(32)27(24)30(37)35-16-14-22(15-17-35)29-34-26(19-38-29)28(36)33-18-23(20-8-3-1-4-9-20)21-10-5-2-6-11-21/h1-13,19,22-23H,14-18H2,(H,33,36). The Labute approximate surface area is 230 Å². The molecular formula is C30H27ClFN3O2S. The van der Waals surface area contributed by atoms with Crippen LogP contribution >= 0.6 is 22.9 Å². The van der Waals surface area contributed by atoms with E-state index in [1.54, 1.807) is 10.3 Å². The first-order valence-corrected chi connectivity index (χ1v) is 13.8. The van der Waals surface area contributed by atoms with Crippen LogP contribution < -0.4 is 5.32 Å². The molecule has 0 bridgehead atoms. The number of hydrogen-bond donors (Lipinski definition) is 1. The summed E-state index contributed by atoms with van der Waals surface area (Å²) >= 11 is 7.55. The number of thiazole rings is 1. The van der Waals surface area contributed by atoms with Crippen molar-refractivity contribution in [2.75, 3.05) is 19.6 Å². The number of nitrogens with one attached hydrogen (secondary N) is 1. The average molecular weight is 548 g/mol. The minimum Gasteiger partial charge on any atom is -0.350 e. The van der Waals surface area contributed by atoms with Gasteiger partial charge in [0.05, 0.1) is 15.6 Å². The maximum atomic E-state index is 14.2. The molecule has 0 spiro atoms. The molecule has 1 fully saturated rings. The van der Waals surface area contributed by atoms with Crippen molar-refractivity contribution in [3.05, 3.63) is 122 Å². The van der Waals surface area contributed by atoms with Gasteiger partial charge in [0.2, 0.25) is 0 Å². The average Bonchev–Trinajstić information content (AvgIpc) is 3.45. The van der Waals surface area contributed by atoms with Gasteiger partial charge in [-0.05, 0) is 36.1 Å². The van der Waals surface area contributed by atoms with Crippen molar-refractivity contribution in [2.24, 2.45) is 0 Å². The first-order chi connectivity index (χ1) is 18.5. The van der Waals surface area contributed by atoms with Crippen LogP contribution in [0.15, 0.2) is 84.2 Å². The van der Waals surface area contributed by atoms with Crippen molar-refractivity contribution in [2.45, 2.75) is 24.7 Å². The monoisotopic (exact) mass is 547 g/mol. The molecule has 2 amide bonds. The predicted octanol–water partition coefficient (Wildman–Crippen LogP) is 6.52. The van der Waals surface area contributed by atoms with Gasteiger partial charge in [-0.3, -0.25) is 9.59 Å². The minimum absolute atomic E-state index is 0.0317. The van der Waals surface area contributed by atoms with E-state index in [2.05, 4.69) is 34.6 Å². The zero-order valence-corrected chi connectivity index (χ0v) is 22.2. The van der Waals surface area contributed by atoms with E-state index in [-0.39, 0.29) is 28.3 Å². The fraction of sp³-hybridized carbons (Fsp3) is 0.233. The quantitative estimate of drug-likeness (QED) is 0.286. The van der Waals surface area contributed by atoms with Crippen LogP contribution in [0.3, 0.4) is 0 Å². The summed E-state index contributed by atoms with van der Waals surface area (Å²) in [5.41, 5.74) is 2.60. The van der Waals surface area contributed by atoms with Gasteiger partial charge in [-0.1, -0.05) is 78.3 Å². The SMILES string of the molecule is O=C(NCC(c1ccccc1)c1ccccc1)c1csc(C2CCN(C(=O)c3c(F)cccc3Cl)CC2)n1. The van der Waals surface area contributed by atoms with Crippen LogP contribution in [0.2, 0.25) is 5.02 Å². The minimum atomic E-state index is -0.609. The Balaban J connectivity index is 1.20. The van der Waals surface area contributed by atoms with E-state index in [1.165, 1.54) is 29.5 Å². The smallest absolute Gasteiger partial charge is 0.270 e. The van der Waals surface area contributed by atoms with Gasteiger partial charge in [-0.25, -0.2) is 9.37 Å². The molecule has 1 aliphatic heterocycles. The first-order valence-electron chi connectivity index (χ1n) is 12.6. The van der Waals surface area contributed by atoms with E-state index in [9.17, 15) is 14.0 Å². The van der Waals surface area contributed by atoms with Crippen molar-refractivity contribution in [1.82, 2.24) is 15.2 Å².